The van der Waals surface area contributed by atoms with Crippen LogP contribution in [0.4, 0.5) is 5.69 Å². The number of aryl methyl sites for hydroxylation is 1. The van der Waals surface area contributed by atoms with Gasteiger partial charge in [-0.3, -0.25) is 4.57 Å². The molecule has 3 rings (SSSR count). The lowest BCUT2D eigenvalue weighted by atomic mass is 10.2. The summed E-state index contributed by atoms with van der Waals surface area (Å²) in [7, 11) is 0. The van der Waals surface area contributed by atoms with Gasteiger partial charge in [0.05, 0.1) is 0 Å². The van der Waals surface area contributed by atoms with E-state index in [-0.39, 0.29) is 5.69 Å². The van der Waals surface area contributed by atoms with Gasteiger partial charge in [0.1, 0.15) is 0 Å². The lowest BCUT2D eigenvalue weighted by molar-refractivity contribution is 0.642. The molecule has 5 nitrogen and oxygen atoms in total. The summed E-state index contributed by atoms with van der Waals surface area (Å²) in [5.41, 5.74) is 7.65. The number of benzene rings is 1. The zero-order valence-electron chi connectivity index (χ0n) is 10.0. The second-order valence-electron chi connectivity index (χ2n) is 4.51. The molecule has 0 atom stereocenters. The Balaban J connectivity index is 2.00. The van der Waals surface area contributed by atoms with E-state index in [1.807, 2.05) is 25.1 Å². The first-order chi connectivity index (χ1) is 8.66. The number of anilines is 1. The van der Waals surface area contributed by atoms with Crippen LogP contribution in [0.25, 0.3) is 0 Å². The highest BCUT2D eigenvalue weighted by atomic mass is 32.2. The van der Waals surface area contributed by atoms with Crippen LogP contribution in [0, 0.1) is 6.92 Å². The molecular weight excluding hydrogens is 248 g/mol. The van der Waals surface area contributed by atoms with Crippen LogP contribution >= 0.6 is 11.8 Å². The molecule has 0 spiro atoms. The fraction of sp³-hybridized carbons (Fsp3) is 0.333. The molecule has 1 aliphatic carbocycles. The van der Waals surface area contributed by atoms with Crippen molar-refractivity contribution in [3.8, 4) is 0 Å². The lowest BCUT2D eigenvalue weighted by Crippen LogP contribution is -2.16. The van der Waals surface area contributed by atoms with E-state index in [1.54, 1.807) is 4.57 Å². The Kier molecular flexibility index (Phi) is 2.66. The Labute approximate surface area is 108 Å². The Morgan fingerprint density at radius 3 is 2.94 bits per heavy atom. The summed E-state index contributed by atoms with van der Waals surface area (Å²) in [6.07, 6.45) is 2.10. The van der Waals surface area contributed by atoms with Crippen molar-refractivity contribution in [2.75, 3.05) is 5.73 Å². The van der Waals surface area contributed by atoms with Crippen LogP contribution in [0.15, 0.2) is 33.0 Å². The summed E-state index contributed by atoms with van der Waals surface area (Å²) in [5.74, 6) is 0. The molecular formula is C12H14N4OS. The molecule has 1 fully saturated rings. The second-order valence-corrected chi connectivity index (χ2v) is 5.49. The molecule has 1 heterocycles. The van der Waals surface area contributed by atoms with Crippen LogP contribution in [0.2, 0.25) is 0 Å². The van der Waals surface area contributed by atoms with E-state index in [9.17, 15) is 4.79 Å². The predicted octanol–water partition coefficient (Wildman–Crippen LogP) is 1.95. The average molecular weight is 262 g/mol. The molecule has 1 aromatic heterocycles. The topological polar surface area (TPSA) is 76.7 Å². The summed E-state index contributed by atoms with van der Waals surface area (Å²) in [5, 5.41) is 7.30. The quantitative estimate of drug-likeness (QED) is 0.829. The number of H-pyrrole nitrogens is 1. The van der Waals surface area contributed by atoms with Gasteiger partial charge in [-0.05, 0) is 43.2 Å². The molecule has 0 radical (unpaired) electrons. The molecule has 0 unspecified atom stereocenters. The Morgan fingerprint density at radius 2 is 2.28 bits per heavy atom. The normalized spacial score (nSPS) is 14.9. The SMILES string of the molecule is Cc1cccc(N)c1Sc1n[nH]c(=O)n1C1CC1. The van der Waals surface area contributed by atoms with Crippen LogP contribution < -0.4 is 11.4 Å². The molecule has 94 valence electrons. The van der Waals surface area contributed by atoms with Crippen LogP contribution in [-0.4, -0.2) is 14.8 Å². The van der Waals surface area contributed by atoms with Crippen molar-refractivity contribution in [3.63, 3.8) is 0 Å². The van der Waals surface area contributed by atoms with E-state index in [0.717, 1.165) is 29.0 Å². The largest absolute Gasteiger partial charge is 0.398 e. The maximum absolute atomic E-state index is 11.7. The fourth-order valence-corrected chi connectivity index (χ4v) is 2.94. The number of rotatable bonds is 3. The number of aromatic nitrogens is 3. The van der Waals surface area contributed by atoms with Gasteiger partial charge < -0.3 is 5.73 Å². The van der Waals surface area contributed by atoms with Crippen LogP contribution in [0.1, 0.15) is 24.4 Å². The van der Waals surface area contributed by atoms with Crippen LogP contribution in [-0.2, 0) is 0 Å². The van der Waals surface area contributed by atoms with Crippen molar-refractivity contribution in [3.05, 3.63) is 34.2 Å². The Hall–Kier alpha value is -1.69. The summed E-state index contributed by atoms with van der Waals surface area (Å²) in [6.45, 7) is 2.00. The van der Waals surface area contributed by atoms with Crippen molar-refractivity contribution >= 4 is 17.4 Å². The van der Waals surface area contributed by atoms with E-state index in [2.05, 4.69) is 10.2 Å². The van der Waals surface area contributed by atoms with Gasteiger partial charge >= 0.3 is 5.69 Å². The highest BCUT2D eigenvalue weighted by Gasteiger charge is 2.29. The first kappa shape index (κ1) is 11.4. The number of hydrogen-bond acceptors (Lipinski definition) is 4. The van der Waals surface area contributed by atoms with Crippen molar-refractivity contribution in [1.29, 1.82) is 0 Å². The van der Waals surface area contributed by atoms with Gasteiger partial charge in [0.2, 0.25) is 0 Å². The molecule has 6 heteroatoms. The Bertz CT molecular complexity index is 622. The molecule has 1 saturated carbocycles. The van der Waals surface area contributed by atoms with E-state index in [1.165, 1.54) is 11.8 Å². The first-order valence-electron chi connectivity index (χ1n) is 5.86. The zero-order chi connectivity index (χ0) is 12.7. The lowest BCUT2D eigenvalue weighted by Gasteiger charge is -2.08. The molecule has 2 aromatic rings. The first-order valence-corrected chi connectivity index (χ1v) is 6.68. The summed E-state index contributed by atoms with van der Waals surface area (Å²) in [6, 6.07) is 6.10. The van der Waals surface area contributed by atoms with Crippen LogP contribution in [0.3, 0.4) is 0 Å². The smallest absolute Gasteiger partial charge is 0.344 e. The standard InChI is InChI=1S/C12H14N4OS/c1-7-3-2-4-9(13)10(7)18-12-15-14-11(17)16(12)8-5-6-8/h2-4,8H,5-6,13H2,1H3,(H,14,17). The number of aromatic amines is 1. The molecule has 0 aliphatic heterocycles. The summed E-state index contributed by atoms with van der Waals surface area (Å²) >= 11 is 1.45. The minimum atomic E-state index is -0.132. The summed E-state index contributed by atoms with van der Waals surface area (Å²) < 4.78 is 1.73. The predicted molar refractivity (Wildman–Crippen MR) is 70.8 cm³/mol. The highest BCUT2D eigenvalue weighted by Crippen LogP contribution is 2.39. The number of nitrogens with one attached hydrogen (secondary N) is 1. The molecule has 3 N–H and O–H groups in total. The third-order valence-electron chi connectivity index (χ3n) is 3.02. The van der Waals surface area contributed by atoms with Gasteiger partial charge in [-0.2, -0.15) is 0 Å². The summed E-state index contributed by atoms with van der Waals surface area (Å²) in [4.78, 5) is 12.7. The maximum atomic E-state index is 11.7. The van der Waals surface area contributed by atoms with E-state index in [0.29, 0.717) is 11.2 Å². The number of nitrogen functional groups attached to an aromatic ring is 1. The van der Waals surface area contributed by atoms with Gasteiger partial charge in [-0.15, -0.1) is 5.10 Å². The van der Waals surface area contributed by atoms with Gasteiger partial charge in [0.25, 0.3) is 0 Å². The van der Waals surface area contributed by atoms with E-state index >= 15 is 0 Å². The molecule has 18 heavy (non-hydrogen) atoms. The third-order valence-corrected chi connectivity index (χ3v) is 4.25. The van der Waals surface area contributed by atoms with Gasteiger partial charge in [-0.25, -0.2) is 9.89 Å². The highest BCUT2D eigenvalue weighted by molar-refractivity contribution is 7.99. The third kappa shape index (κ3) is 1.92. The van der Waals surface area contributed by atoms with Crippen molar-refractivity contribution < 1.29 is 0 Å². The zero-order valence-corrected chi connectivity index (χ0v) is 10.8. The molecule has 0 saturated heterocycles. The molecule has 1 aliphatic rings. The van der Waals surface area contributed by atoms with E-state index < -0.39 is 0 Å². The van der Waals surface area contributed by atoms with Gasteiger partial charge in [0, 0.05) is 16.6 Å². The minimum absolute atomic E-state index is 0.132. The van der Waals surface area contributed by atoms with Crippen LogP contribution in [0.5, 0.6) is 0 Å². The number of nitrogens with two attached hydrogens (primary N) is 1. The van der Waals surface area contributed by atoms with Crippen molar-refractivity contribution in [2.45, 2.75) is 35.9 Å². The average Bonchev–Trinajstić information content (AvgIpc) is 3.09. The van der Waals surface area contributed by atoms with Crippen molar-refractivity contribution in [2.24, 2.45) is 0 Å². The minimum Gasteiger partial charge on any atom is -0.398 e. The maximum Gasteiger partial charge on any atom is 0.344 e. The van der Waals surface area contributed by atoms with Gasteiger partial charge in [0.15, 0.2) is 5.16 Å². The second kappa shape index (κ2) is 4.20. The Morgan fingerprint density at radius 1 is 1.50 bits per heavy atom. The number of hydrogen-bond donors (Lipinski definition) is 2. The molecule has 0 bridgehead atoms. The number of nitrogens with zero attached hydrogens (tertiary/aromatic N) is 2. The van der Waals surface area contributed by atoms with Crippen molar-refractivity contribution in [1.82, 2.24) is 14.8 Å². The fourth-order valence-electron chi connectivity index (χ4n) is 1.92. The molecule has 1 aromatic carbocycles. The molecule has 0 amide bonds. The van der Waals surface area contributed by atoms with Gasteiger partial charge in [-0.1, -0.05) is 12.1 Å². The van der Waals surface area contributed by atoms with E-state index in [4.69, 9.17) is 5.73 Å². The monoisotopic (exact) mass is 262 g/mol.